The fourth-order valence-corrected chi connectivity index (χ4v) is 4.90. The lowest BCUT2D eigenvalue weighted by Gasteiger charge is -2.32. The SMILES string of the molecule is CO[C@@]1(C)CCCC12CC2(Br)Br. The Hall–Kier alpha value is 0.920. The van der Waals surface area contributed by atoms with Gasteiger partial charge < -0.3 is 4.74 Å². The van der Waals surface area contributed by atoms with E-state index < -0.39 is 0 Å². The first-order valence-electron chi connectivity index (χ1n) is 4.40. The molecule has 1 unspecified atom stereocenters. The van der Waals surface area contributed by atoms with Gasteiger partial charge in [0.15, 0.2) is 0 Å². The molecular formula is C9H14Br2O. The van der Waals surface area contributed by atoms with Crippen LogP contribution < -0.4 is 0 Å². The van der Waals surface area contributed by atoms with Gasteiger partial charge in [-0.3, -0.25) is 0 Å². The summed E-state index contributed by atoms with van der Waals surface area (Å²) < 4.78 is 5.81. The molecule has 2 aliphatic rings. The first-order chi connectivity index (χ1) is 5.47. The van der Waals surface area contributed by atoms with Crippen molar-refractivity contribution in [3.8, 4) is 0 Å². The molecular weight excluding hydrogens is 284 g/mol. The number of rotatable bonds is 1. The van der Waals surface area contributed by atoms with E-state index in [0.29, 0.717) is 5.41 Å². The van der Waals surface area contributed by atoms with E-state index in [1.807, 2.05) is 7.11 Å². The molecule has 0 N–H and O–H groups in total. The summed E-state index contributed by atoms with van der Waals surface area (Å²) in [4.78, 5) is 0. The standard InChI is InChI=1S/C9H14Br2O/c1-7(12-2)4-3-5-8(7)6-9(8,10)11/h3-6H2,1-2H3/t7-,8?/m0/s1. The molecule has 0 aromatic heterocycles. The van der Waals surface area contributed by atoms with Crippen molar-refractivity contribution < 1.29 is 4.74 Å². The van der Waals surface area contributed by atoms with E-state index in [0.717, 1.165) is 0 Å². The number of alkyl halides is 2. The summed E-state index contributed by atoms with van der Waals surface area (Å²) in [6, 6.07) is 0. The van der Waals surface area contributed by atoms with Gasteiger partial charge in [-0.15, -0.1) is 0 Å². The lowest BCUT2D eigenvalue weighted by Crippen LogP contribution is -2.36. The third kappa shape index (κ3) is 0.934. The maximum Gasteiger partial charge on any atom is 0.0896 e. The number of methoxy groups -OCH3 is 1. The van der Waals surface area contributed by atoms with Crippen molar-refractivity contribution >= 4 is 31.9 Å². The quantitative estimate of drug-likeness (QED) is 0.674. The second-order valence-corrected chi connectivity index (χ2v) is 8.02. The van der Waals surface area contributed by atoms with Crippen molar-refractivity contribution in [1.82, 2.24) is 0 Å². The minimum atomic E-state index is 0.0833. The third-order valence-electron chi connectivity index (χ3n) is 3.82. The molecule has 2 fully saturated rings. The molecule has 12 heavy (non-hydrogen) atoms. The highest BCUT2D eigenvalue weighted by atomic mass is 79.9. The Morgan fingerprint density at radius 1 is 1.25 bits per heavy atom. The van der Waals surface area contributed by atoms with Crippen LogP contribution in [0, 0.1) is 5.41 Å². The van der Waals surface area contributed by atoms with Gasteiger partial charge in [0.1, 0.15) is 0 Å². The molecule has 2 rings (SSSR count). The Labute approximate surface area is 90.5 Å². The molecule has 2 aliphatic carbocycles. The van der Waals surface area contributed by atoms with Crippen molar-refractivity contribution in [2.45, 2.75) is 41.4 Å². The maximum atomic E-state index is 5.65. The van der Waals surface area contributed by atoms with Crippen LogP contribution in [0.4, 0.5) is 0 Å². The summed E-state index contributed by atoms with van der Waals surface area (Å²) in [6.45, 7) is 2.24. The zero-order valence-corrected chi connectivity index (χ0v) is 10.7. The Kier molecular flexibility index (Phi) is 1.96. The molecule has 0 amide bonds. The average molecular weight is 298 g/mol. The molecule has 70 valence electrons. The second kappa shape index (κ2) is 2.48. The van der Waals surface area contributed by atoms with Crippen molar-refractivity contribution in [2.24, 2.45) is 5.41 Å². The van der Waals surface area contributed by atoms with Crippen molar-refractivity contribution in [3.05, 3.63) is 0 Å². The fraction of sp³-hybridized carbons (Fsp3) is 1.00. The first-order valence-corrected chi connectivity index (χ1v) is 5.99. The molecule has 0 bridgehead atoms. The van der Waals surface area contributed by atoms with Crippen LogP contribution in [-0.4, -0.2) is 15.9 Å². The lowest BCUT2D eigenvalue weighted by molar-refractivity contribution is -0.0362. The minimum absolute atomic E-state index is 0.0833. The van der Waals surface area contributed by atoms with Crippen molar-refractivity contribution in [3.63, 3.8) is 0 Å². The van der Waals surface area contributed by atoms with Crippen LogP contribution in [0.5, 0.6) is 0 Å². The smallest absolute Gasteiger partial charge is 0.0896 e. The molecule has 1 spiro atoms. The molecule has 0 aromatic rings. The van der Waals surface area contributed by atoms with Gasteiger partial charge in [0.25, 0.3) is 0 Å². The van der Waals surface area contributed by atoms with Gasteiger partial charge in [-0.05, 0) is 32.6 Å². The Bertz CT molecular complexity index is 213. The Morgan fingerprint density at radius 2 is 1.83 bits per heavy atom. The highest BCUT2D eigenvalue weighted by Gasteiger charge is 2.74. The summed E-state index contributed by atoms with van der Waals surface area (Å²) in [6.07, 6.45) is 4.98. The van der Waals surface area contributed by atoms with Crippen molar-refractivity contribution in [1.29, 1.82) is 0 Å². The molecule has 2 atom stereocenters. The van der Waals surface area contributed by atoms with Crippen LogP contribution in [0.1, 0.15) is 32.6 Å². The minimum Gasteiger partial charge on any atom is -0.378 e. The van der Waals surface area contributed by atoms with Gasteiger partial charge in [-0.25, -0.2) is 0 Å². The molecule has 0 saturated heterocycles. The normalized spacial score (nSPS) is 50.0. The maximum absolute atomic E-state index is 5.65. The van der Waals surface area contributed by atoms with E-state index in [9.17, 15) is 0 Å². The molecule has 0 radical (unpaired) electrons. The average Bonchev–Trinajstić information content (AvgIpc) is 2.36. The van der Waals surface area contributed by atoms with Crippen LogP contribution in [0.2, 0.25) is 0 Å². The number of halogens is 2. The van der Waals surface area contributed by atoms with E-state index in [4.69, 9.17) is 4.74 Å². The monoisotopic (exact) mass is 296 g/mol. The second-order valence-electron chi connectivity index (χ2n) is 4.25. The largest absolute Gasteiger partial charge is 0.378 e. The van der Waals surface area contributed by atoms with E-state index >= 15 is 0 Å². The zero-order valence-electron chi connectivity index (χ0n) is 7.49. The molecule has 0 aromatic carbocycles. The summed E-state index contributed by atoms with van der Waals surface area (Å²) in [5, 5.41) is 0. The van der Waals surface area contributed by atoms with Crippen LogP contribution in [0.3, 0.4) is 0 Å². The highest BCUT2D eigenvalue weighted by Crippen LogP contribution is 2.77. The van der Waals surface area contributed by atoms with Gasteiger partial charge in [0, 0.05) is 12.5 Å². The van der Waals surface area contributed by atoms with Crippen LogP contribution in [-0.2, 0) is 4.74 Å². The van der Waals surface area contributed by atoms with Gasteiger partial charge >= 0.3 is 0 Å². The number of ether oxygens (including phenoxy) is 1. The highest BCUT2D eigenvalue weighted by molar-refractivity contribution is 9.25. The predicted molar refractivity (Wildman–Crippen MR) is 56.9 cm³/mol. The first kappa shape index (κ1) is 9.47. The summed E-state index contributed by atoms with van der Waals surface area (Å²) in [5.41, 5.74) is 0.439. The van der Waals surface area contributed by atoms with Gasteiger partial charge in [-0.2, -0.15) is 0 Å². The Balaban J connectivity index is 2.28. The molecule has 1 nitrogen and oxygen atoms in total. The van der Waals surface area contributed by atoms with E-state index in [-0.39, 0.29) is 8.83 Å². The Morgan fingerprint density at radius 3 is 2.17 bits per heavy atom. The van der Waals surface area contributed by atoms with E-state index in [1.165, 1.54) is 25.7 Å². The summed E-state index contributed by atoms with van der Waals surface area (Å²) >= 11 is 7.45. The van der Waals surface area contributed by atoms with Crippen molar-refractivity contribution in [2.75, 3.05) is 7.11 Å². The van der Waals surface area contributed by atoms with E-state index in [1.54, 1.807) is 0 Å². The van der Waals surface area contributed by atoms with Crippen LogP contribution in [0.25, 0.3) is 0 Å². The molecule has 2 saturated carbocycles. The molecule has 3 heteroatoms. The van der Waals surface area contributed by atoms with Crippen LogP contribution in [0.15, 0.2) is 0 Å². The van der Waals surface area contributed by atoms with Gasteiger partial charge in [0.2, 0.25) is 0 Å². The lowest BCUT2D eigenvalue weighted by atomic mass is 9.89. The summed E-state index contributed by atoms with van der Waals surface area (Å²) in [7, 11) is 1.83. The topological polar surface area (TPSA) is 9.23 Å². The van der Waals surface area contributed by atoms with Gasteiger partial charge in [0.05, 0.1) is 8.83 Å². The third-order valence-corrected chi connectivity index (χ3v) is 5.90. The summed E-state index contributed by atoms with van der Waals surface area (Å²) in [5.74, 6) is 0. The number of hydrogen-bond acceptors (Lipinski definition) is 1. The molecule has 0 heterocycles. The molecule has 0 aliphatic heterocycles. The predicted octanol–water partition coefficient (Wildman–Crippen LogP) is 3.45. The van der Waals surface area contributed by atoms with E-state index in [2.05, 4.69) is 38.8 Å². The zero-order chi connectivity index (χ0) is 9.04. The van der Waals surface area contributed by atoms with Gasteiger partial charge in [-0.1, -0.05) is 31.9 Å². The number of hydrogen-bond donors (Lipinski definition) is 0. The van der Waals surface area contributed by atoms with Crippen LogP contribution >= 0.6 is 31.9 Å². The fourth-order valence-electron chi connectivity index (χ4n) is 2.71.